The van der Waals surface area contributed by atoms with E-state index in [2.05, 4.69) is 4.98 Å². The molecule has 72 valence electrons. The van der Waals surface area contributed by atoms with Gasteiger partial charge in [-0.25, -0.2) is 9.78 Å². The second kappa shape index (κ2) is 3.36. The van der Waals surface area contributed by atoms with Gasteiger partial charge in [0.1, 0.15) is 5.01 Å². The molecule has 0 aliphatic rings. The van der Waals surface area contributed by atoms with Crippen molar-refractivity contribution in [1.29, 1.82) is 0 Å². The molecule has 0 unspecified atom stereocenters. The normalized spacial score (nSPS) is 12.9. The van der Waals surface area contributed by atoms with Crippen molar-refractivity contribution in [2.75, 3.05) is 0 Å². The zero-order valence-corrected chi connectivity index (χ0v) is 7.86. The predicted octanol–water partition coefficient (Wildman–Crippen LogP) is 1.41. The molecule has 5 heteroatoms. The van der Waals surface area contributed by atoms with Crippen LogP contribution in [0.15, 0.2) is 24.3 Å². The van der Waals surface area contributed by atoms with Crippen molar-refractivity contribution >= 4 is 27.5 Å². The van der Waals surface area contributed by atoms with Crippen LogP contribution in [0.5, 0.6) is 0 Å². The number of hydrogen-bond donors (Lipinski definition) is 2. The summed E-state index contributed by atoms with van der Waals surface area (Å²) in [6.45, 7) is 0. The maximum absolute atomic E-state index is 10.5. The van der Waals surface area contributed by atoms with Crippen LogP contribution < -0.4 is 0 Å². The van der Waals surface area contributed by atoms with Crippen molar-refractivity contribution in [1.82, 2.24) is 4.98 Å². The van der Waals surface area contributed by atoms with Crippen LogP contribution >= 0.6 is 11.3 Å². The standard InChI is InChI=1S/C9H7NO3S/c11-7(9(12)13)8-10-5-3-1-2-4-6(5)14-8/h1-4,7,11H,(H,12,13)/t7-/m1/s1. The van der Waals surface area contributed by atoms with Crippen molar-refractivity contribution in [3.05, 3.63) is 29.3 Å². The Labute approximate surface area is 83.5 Å². The number of rotatable bonds is 2. The molecule has 0 aliphatic heterocycles. The Hall–Kier alpha value is -1.46. The van der Waals surface area contributed by atoms with Gasteiger partial charge < -0.3 is 10.2 Å². The monoisotopic (exact) mass is 209 g/mol. The Morgan fingerprint density at radius 2 is 2.14 bits per heavy atom. The summed E-state index contributed by atoms with van der Waals surface area (Å²) in [6, 6.07) is 7.28. The highest BCUT2D eigenvalue weighted by atomic mass is 32.1. The molecule has 0 saturated carbocycles. The van der Waals surface area contributed by atoms with Crippen molar-refractivity contribution in [2.45, 2.75) is 6.10 Å². The van der Waals surface area contributed by atoms with Gasteiger partial charge in [-0.15, -0.1) is 11.3 Å². The molecule has 1 aromatic heterocycles. The van der Waals surface area contributed by atoms with E-state index in [1.54, 1.807) is 6.07 Å². The minimum Gasteiger partial charge on any atom is -0.479 e. The van der Waals surface area contributed by atoms with E-state index in [9.17, 15) is 9.90 Å². The number of carboxylic acid groups (broad SMARTS) is 1. The zero-order chi connectivity index (χ0) is 10.1. The molecule has 14 heavy (non-hydrogen) atoms. The van der Waals surface area contributed by atoms with Gasteiger partial charge in [-0.2, -0.15) is 0 Å². The molecule has 0 fully saturated rings. The van der Waals surface area contributed by atoms with Crippen LogP contribution in [0.4, 0.5) is 0 Å². The molecule has 0 spiro atoms. The number of fused-ring (bicyclic) bond motifs is 1. The lowest BCUT2D eigenvalue weighted by Gasteiger charge is -1.97. The third-order valence-electron chi connectivity index (χ3n) is 1.78. The number of aromatic nitrogens is 1. The van der Waals surface area contributed by atoms with Gasteiger partial charge in [0, 0.05) is 0 Å². The first-order valence-corrected chi connectivity index (χ1v) is 4.76. The fourth-order valence-corrected chi connectivity index (χ4v) is 2.06. The summed E-state index contributed by atoms with van der Waals surface area (Å²) >= 11 is 1.19. The van der Waals surface area contributed by atoms with Crippen LogP contribution in [0.1, 0.15) is 11.1 Å². The maximum Gasteiger partial charge on any atom is 0.339 e. The summed E-state index contributed by atoms with van der Waals surface area (Å²) in [4.78, 5) is 14.5. The van der Waals surface area contributed by atoms with Crippen molar-refractivity contribution in [3.8, 4) is 0 Å². The average Bonchev–Trinajstić information content (AvgIpc) is 2.59. The zero-order valence-electron chi connectivity index (χ0n) is 7.04. The van der Waals surface area contributed by atoms with Crippen LogP contribution in [0.2, 0.25) is 0 Å². The van der Waals surface area contributed by atoms with Crippen LogP contribution in [0.3, 0.4) is 0 Å². The van der Waals surface area contributed by atoms with Gasteiger partial charge in [-0.1, -0.05) is 12.1 Å². The molecule has 4 nitrogen and oxygen atoms in total. The Bertz CT molecular complexity index is 447. The van der Waals surface area contributed by atoms with Crippen molar-refractivity contribution in [2.24, 2.45) is 0 Å². The fourth-order valence-electron chi connectivity index (χ4n) is 1.11. The van der Waals surface area contributed by atoms with Gasteiger partial charge in [-0.05, 0) is 12.1 Å². The Morgan fingerprint density at radius 1 is 1.43 bits per heavy atom. The lowest BCUT2D eigenvalue weighted by molar-refractivity contribution is -0.146. The van der Waals surface area contributed by atoms with Gasteiger partial charge in [0.05, 0.1) is 10.2 Å². The molecule has 0 bridgehead atoms. The summed E-state index contributed by atoms with van der Waals surface area (Å²) in [6.07, 6.45) is -1.52. The van der Waals surface area contributed by atoms with Crippen LogP contribution in [0, 0.1) is 0 Å². The van der Waals surface area contributed by atoms with Crippen molar-refractivity contribution < 1.29 is 15.0 Å². The van der Waals surface area contributed by atoms with Gasteiger partial charge >= 0.3 is 5.97 Å². The maximum atomic E-state index is 10.5. The van der Waals surface area contributed by atoms with E-state index in [1.165, 1.54) is 11.3 Å². The van der Waals surface area contributed by atoms with Gasteiger partial charge in [-0.3, -0.25) is 0 Å². The SMILES string of the molecule is O=C(O)[C@H](O)c1nc2ccccc2s1. The molecule has 2 rings (SSSR count). The van der Waals surface area contributed by atoms with Gasteiger partial charge in [0.25, 0.3) is 0 Å². The van der Waals surface area contributed by atoms with Crippen molar-refractivity contribution in [3.63, 3.8) is 0 Å². The quantitative estimate of drug-likeness (QED) is 0.784. The highest BCUT2D eigenvalue weighted by molar-refractivity contribution is 7.18. The largest absolute Gasteiger partial charge is 0.479 e. The molecule has 2 aromatic rings. The third kappa shape index (κ3) is 1.47. The Kier molecular flexibility index (Phi) is 2.18. The number of aliphatic hydroxyl groups excluding tert-OH is 1. The Balaban J connectivity index is 2.50. The van der Waals surface area contributed by atoms with Gasteiger partial charge in [0.15, 0.2) is 0 Å². The number of hydrogen-bond acceptors (Lipinski definition) is 4. The minimum absolute atomic E-state index is 0.221. The van der Waals surface area contributed by atoms with Crippen LogP contribution in [-0.4, -0.2) is 21.2 Å². The number of nitrogens with zero attached hydrogens (tertiary/aromatic N) is 1. The molecule has 1 aromatic carbocycles. The lowest BCUT2D eigenvalue weighted by Crippen LogP contribution is -2.09. The summed E-state index contributed by atoms with van der Waals surface area (Å²) in [5.74, 6) is -1.27. The number of carboxylic acids is 1. The number of thiazole rings is 1. The number of aliphatic hydroxyl groups is 1. The van der Waals surface area contributed by atoms with E-state index < -0.39 is 12.1 Å². The summed E-state index contributed by atoms with van der Waals surface area (Å²) in [5, 5.41) is 18.0. The van der Waals surface area contributed by atoms with E-state index in [-0.39, 0.29) is 5.01 Å². The number of carbonyl (C=O) groups is 1. The summed E-state index contributed by atoms with van der Waals surface area (Å²) in [7, 11) is 0. The Morgan fingerprint density at radius 3 is 2.79 bits per heavy atom. The highest BCUT2D eigenvalue weighted by Gasteiger charge is 2.19. The molecule has 1 heterocycles. The highest BCUT2D eigenvalue weighted by Crippen LogP contribution is 2.26. The number of aliphatic carboxylic acids is 1. The van der Waals surface area contributed by atoms with Crippen LogP contribution in [0.25, 0.3) is 10.2 Å². The van der Waals surface area contributed by atoms with E-state index in [0.29, 0.717) is 5.52 Å². The second-order valence-electron chi connectivity index (χ2n) is 2.76. The summed E-state index contributed by atoms with van der Waals surface area (Å²) < 4.78 is 0.878. The predicted molar refractivity (Wildman–Crippen MR) is 52.2 cm³/mol. The van der Waals surface area contributed by atoms with E-state index >= 15 is 0 Å². The average molecular weight is 209 g/mol. The number of benzene rings is 1. The molecule has 0 amide bonds. The molecule has 1 atom stereocenters. The molecular formula is C9H7NO3S. The molecular weight excluding hydrogens is 202 g/mol. The third-order valence-corrected chi connectivity index (χ3v) is 2.87. The lowest BCUT2D eigenvalue weighted by atomic mass is 10.3. The topological polar surface area (TPSA) is 70.4 Å². The molecule has 0 radical (unpaired) electrons. The smallest absolute Gasteiger partial charge is 0.339 e. The first-order chi connectivity index (χ1) is 6.68. The second-order valence-corrected chi connectivity index (χ2v) is 3.82. The molecule has 0 aliphatic carbocycles. The number of para-hydroxylation sites is 1. The minimum atomic E-state index is -1.52. The first kappa shape index (κ1) is 9.11. The van der Waals surface area contributed by atoms with Gasteiger partial charge in [0.2, 0.25) is 6.10 Å². The van der Waals surface area contributed by atoms with Crippen LogP contribution in [-0.2, 0) is 4.79 Å². The first-order valence-electron chi connectivity index (χ1n) is 3.95. The van der Waals surface area contributed by atoms with E-state index in [4.69, 9.17) is 5.11 Å². The molecule has 2 N–H and O–H groups in total. The molecule has 0 saturated heterocycles. The fraction of sp³-hybridized carbons (Fsp3) is 0.111. The van der Waals surface area contributed by atoms with E-state index in [1.807, 2.05) is 18.2 Å². The van der Waals surface area contributed by atoms with E-state index in [0.717, 1.165) is 4.70 Å². The summed E-state index contributed by atoms with van der Waals surface area (Å²) in [5.41, 5.74) is 0.716.